The molecule has 0 spiro atoms. The first-order valence-corrected chi connectivity index (χ1v) is 10.4. The lowest BCUT2D eigenvalue weighted by Gasteiger charge is -2.26. The fourth-order valence-corrected chi connectivity index (χ4v) is 4.96. The molecule has 4 atom stereocenters. The summed E-state index contributed by atoms with van der Waals surface area (Å²) in [5.41, 5.74) is 3.36. The number of amides is 3. The Morgan fingerprint density at radius 1 is 0.933 bits per heavy atom. The molecule has 0 aromatic heterocycles. The lowest BCUT2D eigenvalue weighted by atomic mass is 9.94. The number of rotatable bonds is 5. The number of hydrogen-bond donors (Lipinski definition) is 2. The van der Waals surface area contributed by atoms with Gasteiger partial charge < -0.3 is 15.5 Å². The van der Waals surface area contributed by atoms with Crippen LogP contribution in [0.1, 0.15) is 42.5 Å². The van der Waals surface area contributed by atoms with E-state index < -0.39 is 6.04 Å². The molecule has 2 aromatic carbocycles. The smallest absolute Gasteiger partial charge is 0.245 e. The molecule has 156 valence electrons. The van der Waals surface area contributed by atoms with Crippen LogP contribution < -0.4 is 10.6 Å². The lowest BCUT2D eigenvalue weighted by Crippen LogP contribution is -2.49. The number of nitrogens with one attached hydrogen (secondary N) is 2. The van der Waals surface area contributed by atoms with Crippen molar-refractivity contribution in [3.05, 3.63) is 71.3 Å². The molecule has 3 amide bonds. The Bertz CT molecular complexity index is 959. The predicted octanol–water partition coefficient (Wildman–Crippen LogP) is 2.17. The van der Waals surface area contributed by atoms with Gasteiger partial charge in [-0.1, -0.05) is 54.6 Å². The number of nitrogens with zero attached hydrogens (tertiary/aromatic N) is 1. The average Bonchev–Trinajstić information content (AvgIpc) is 3.26. The van der Waals surface area contributed by atoms with E-state index in [0.29, 0.717) is 19.5 Å². The first-order valence-electron chi connectivity index (χ1n) is 10.4. The molecule has 6 nitrogen and oxygen atoms in total. The maximum atomic E-state index is 13.4. The quantitative estimate of drug-likeness (QED) is 0.800. The molecular weight excluding hydrogens is 378 g/mol. The molecule has 2 aromatic rings. The van der Waals surface area contributed by atoms with Gasteiger partial charge in [-0.2, -0.15) is 0 Å². The van der Waals surface area contributed by atoms with Crippen LogP contribution in [0, 0.1) is 5.92 Å². The van der Waals surface area contributed by atoms with Crippen molar-refractivity contribution in [3.63, 3.8) is 0 Å². The van der Waals surface area contributed by atoms with E-state index in [4.69, 9.17) is 0 Å². The van der Waals surface area contributed by atoms with E-state index in [1.165, 1.54) is 19.4 Å². The first kappa shape index (κ1) is 20.1. The number of benzene rings is 2. The van der Waals surface area contributed by atoms with Crippen molar-refractivity contribution < 1.29 is 14.4 Å². The van der Waals surface area contributed by atoms with E-state index in [0.717, 1.165) is 11.1 Å². The van der Waals surface area contributed by atoms with Crippen molar-refractivity contribution in [2.75, 3.05) is 13.1 Å². The number of fused-ring (bicyclic) bond motifs is 3. The summed E-state index contributed by atoms with van der Waals surface area (Å²) in [6.45, 7) is 4.13. The summed E-state index contributed by atoms with van der Waals surface area (Å²) >= 11 is 0. The number of carbonyl (C=O) groups excluding carboxylic acids is 3. The van der Waals surface area contributed by atoms with Crippen molar-refractivity contribution >= 4 is 17.7 Å². The van der Waals surface area contributed by atoms with Crippen LogP contribution in [0.4, 0.5) is 0 Å². The third-order valence-corrected chi connectivity index (χ3v) is 6.15. The second kappa shape index (κ2) is 8.30. The molecule has 0 bridgehead atoms. The summed E-state index contributed by atoms with van der Waals surface area (Å²) in [4.78, 5) is 38.8. The predicted molar refractivity (Wildman–Crippen MR) is 114 cm³/mol. The highest BCUT2D eigenvalue weighted by Gasteiger charge is 2.48. The Kier molecular flexibility index (Phi) is 5.57. The number of carbonyl (C=O) groups is 3. The molecule has 1 saturated heterocycles. The molecule has 0 unspecified atom stereocenters. The number of hydrogen-bond acceptors (Lipinski definition) is 3. The number of likely N-dealkylation sites (tertiary alicyclic amines) is 1. The fourth-order valence-electron chi connectivity index (χ4n) is 4.96. The van der Waals surface area contributed by atoms with Gasteiger partial charge in [0.25, 0.3) is 0 Å². The maximum Gasteiger partial charge on any atom is 0.245 e. The van der Waals surface area contributed by atoms with Crippen LogP contribution in [0.25, 0.3) is 0 Å². The molecule has 2 N–H and O–H groups in total. The highest BCUT2D eigenvalue weighted by atomic mass is 16.2. The molecule has 4 rings (SSSR count). The molecule has 1 heterocycles. The molecule has 30 heavy (non-hydrogen) atoms. The summed E-state index contributed by atoms with van der Waals surface area (Å²) in [5, 5.41) is 5.92. The van der Waals surface area contributed by atoms with Crippen molar-refractivity contribution in [1.82, 2.24) is 15.5 Å². The second-order valence-electron chi connectivity index (χ2n) is 8.26. The zero-order valence-electron chi connectivity index (χ0n) is 17.3. The first-order chi connectivity index (χ1) is 14.4. The zero-order chi connectivity index (χ0) is 21.3. The summed E-state index contributed by atoms with van der Waals surface area (Å²) in [7, 11) is 0. The van der Waals surface area contributed by atoms with Crippen LogP contribution in [0.3, 0.4) is 0 Å². The second-order valence-corrected chi connectivity index (χ2v) is 8.26. The molecular formula is C24H27N3O3. The van der Waals surface area contributed by atoms with Crippen LogP contribution >= 0.6 is 0 Å². The molecule has 1 aliphatic heterocycles. The van der Waals surface area contributed by atoms with Crippen LogP contribution in [0.2, 0.25) is 0 Å². The van der Waals surface area contributed by atoms with Crippen LogP contribution in [0.15, 0.2) is 54.6 Å². The van der Waals surface area contributed by atoms with Gasteiger partial charge in [-0.3, -0.25) is 14.4 Å². The van der Waals surface area contributed by atoms with Gasteiger partial charge in [0.1, 0.15) is 6.04 Å². The van der Waals surface area contributed by atoms with Crippen LogP contribution in [-0.2, 0) is 20.8 Å². The van der Waals surface area contributed by atoms with E-state index in [1.807, 2.05) is 47.4 Å². The molecule has 2 aliphatic rings. The summed E-state index contributed by atoms with van der Waals surface area (Å²) in [5.74, 6) is -0.0188. The molecule has 6 heteroatoms. The van der Waals surface area contributed by atoms with Crippen LogP contribution in [-0.4, -0.2) is 41.8 Å². The van der Waals surface area contributed by atoms with Gasteiger partial charge in [-0.15, -0.1) is 0 Å². The van der Waals surface area contributed by atoms with Gasteiger partial charge in [-0.05, 0) is 16.7 Å². The van der Waals surface area contributed by atoms with E-state index in [-0.39, 0.29) is 35.6 Å². The van der Waals surface area contributed by atoms with Gasteiger partial charge in [0.15, 0.2) is 0 Å². The maximum absolute atomic E-state index is 13.4. The van der Waals surface area contributed by atoms with Gasteiger partial charge in [0.2, 0.25) is 17.7 Å². The van der Waals surface area contributed by atoms with Gasteiger partial charge >= 0.3 is 0 Å². The van der Waals surface area contributed by atoms with E-state index in [1.54, 1.807) is 0 Å². The standard InChI is InChI=1S/C24H27N3O3/c1-15(28)25-22(12-17-8-4-3-5-9-17)24(30)27-13-20-18-10-6-7-11-19(18)23(21(20)14-27)26-16(2)29/h3-11,20-23H,12-14H2,1-2H3,(H,25,28)(H,26,29)/t20-,21-,22+,23-/m1/s1. The van der Waals surface area contributed by atoms with E-state index in [9.17, 15) is 14.4 Å². The van der Waals surface area contributed by atoms with Crippen molar-refractivity contribution in [2.45, 2.75) is 38.3 Å². The summed E-state index contributed by atoms with van der Waals surface area (Å²) in [6, 6.07) is 17.2. The monoisotopic (exact) mass is 405 g/mol. The third kappa shape index (κ3) is 3.95. The zero-order valence-corrected chi connectivity index (χ0v) is 17.3. The average molecular weight is 405 g/mol. The van der Waals surface area contributed by atoms with Crippen molar-refractivity contribution in [1.29, 1.82) is 0 Å². The normalized spacial score (nSPS) is 22.7. The van der Waals surface area contributed by atoms with Gasteiger partial charge in [0.05, 0.1) is 6.04 Å². The third-order valence-electron chi connectivity index (χ3n) is 6.15. The summed E-state index contributed by atoms with van der Waals surface area (Å²) in [6.07, 6.45) is 0.455. The van der Waals surface area contributed by atoms with Crippen LogP contribution in [0.5, 0.6) is 0 Å². The van der Waals surface area contributed by atoms with Crippen molar-refractivity contribution in [3.8, 4) is 0 Å². The SMILES string of the molecule is CC(=O)N[C@@H](Cc1ccccc1)C(=O)N1C[C@@H]2[C@H](C1)c1ccccc1[C@H]2NC(C)=O. The highest BCUT2D eigenvalue weighted by Crippen LogP contribution is 2.49. The Labute approximate surface area is 176 Å². The Hall–Kier alpha value is -3.15. The largest absolute Gasteiger partial charge is 0.349 e. The minimum atomic E-state index is -0.599. The van der Waals surface area contributed by atoms with E-state index in [2.05, 4.69) is 22.8 Å². The summed E-state index contributed by atoms with van der Waals surface area (Å²) < 4.78 is 0. The molecule has 0 radical (unpaired) electrons. The van der Waals surface area contributed by atoms with E-state index >= 15 is 0 Å². The minimum Gasteiger partial charge on any atom is -0.349 e. The fraction of sp³-hybridized carbons (Fsp3) is 0.375. The topological polar surface area (TPSA) is 78.5 Å². The minimum absolute atomic E-state index is 0.0671. The Balaban J connectivity index is 1.55. The van der Waals surface area contributed by atoms with Crippen molar-refractivity contribution in [2.24, 2.45) is 5.92 Å². The molecule has 1 aliphatic carbocycles. The van der Waals surface area contributed by atoms with Gasteiger partial charge in [-0.25, -0.2) is 0 Å². The molecule has 0 saturated carbocycles. The highest BCUT2D eigenvalue weighted by molar-refractivity contribution is 5.87. The molecule has 1 fully saturated rings. The Morgan fingerprint density at radius 3 is 2.27 bits per heavy atom. The lowest BCUT2D eigenvalue weighted by molar-refractivity contribution is -0.135. The Morgan fingerprint density at radius 2 is 1.60 bits per heavy atom. The van der Waals surface area contributed by atoms with Gasteiger partial charge in [0, 0.05) is 45.2 Å².